The minimum atomic E-state index is -4.40. The van der Waals surface area contributed by atoms with Crippen LogP contribution in [0.15, 0.2) is 36.5 Å². The summed E-state index contributed by atoms with van der Waals surface area (Å²) in [6, 6.07) is 8.64. The molecule has 210 valence electrons. The van der Waals surface area contributed by atoms with Crippen LogP contribution in [0.4, 0.5) is 13.2 Å². The molecule has 10 heteroatoms. The number of nitrogens with zero attached hydrogens (tertiary/aromatic N) is 1. The van der Waals surface area contributed by atoms with Crippen molar-refractivity contribution in [3.05, 3.63) is 47.7 Å². The van der Waals surface area contributed by atoms with Crippen LogP contribution in [0.2, 0.25) is 0 Å². The molecule has 1 unspecified atom stereocenters. The van der Waals surface area contributed by atoms with E-state index in [2.05, 4.69) is 11.9 Å². The molecule has 2 aromatic rings. The van der Waals surface area contributed by atoms with E-state index in [0.29, 0.717) is 48.3 Å². The highest BCUT2D eigenvalue weighted by Crippen LogP contribution is 2.45. The molecule has 1 fully saturated rings. The van der Waals surface area contributed by atoms with Gasteiger partial charge in [0.15, 0.2) is 0 Å². The Bertz CT molecular complexity index is 1030. The summed E-state index contributed by atoms with van der Waals surface area (Å²) >= 11 is 0. The lowest BCUT2D eigenvalue weighted by Crippen LogP contribution is -2.19. The van der Waals surface area contributed by atoms with E-state index in [9.17, 15) is 23.1 Å². The van der Waals surface area contributed by atoms with Crippen molar-refractivity contribution in [3.8, 4) is 17.4 Å². The van der Waals surface area contributed by atoms with Gasteiger partial charge in [-0.25, -0.2) is 4.98 Å². The first kappa shape index (κ1) is 29.5. The van der Waals surface area contributed by atoms with Crippen LogP contribution in [0, 0.1) is 5.92 Å². The number of hydrogen-bond acceptors (Lipinski definition) is 6. The van der Waals surface area contributed by atoms with Crippen LogP contribution in [0.5, 0.6) is 17.4 Å². The van der Waals surface area contributed by atoms with Crippen molar-refractivity contribution in [2.24, 2.45) is 5.92 Å². The maximum absolute atomic E-state index is 12.5. The summed E-state index contributed by atoms with van der Waals surface area (Å²) < 4.78 is 59.5. The molecule has 7 nitrogen and oxygen atoms in total. The zero-order valence-electron chi connectivity index (χ0n) is 21.8. The maximum atomic E-state index is 12.5. The van der Waals surface area contributed by atoms with Gasteiger partial charge in [0.1, 0.15) is 24.2 Å². The molecular formula is C28H36F3NO6. The largest absolute Gasteiger partial charge is 0.497 e. The Kier molecular flexibility index (Phi) is 11.1. The first-order valence-electron chi connectivity index (χ1n) is 13.0. The minimum Gasteiger partial charge on any atom is -0.497 e. The third-order valence-electron chi connectivity index (χ3n) is 6.40. The number of aliphatic carboxylic acids is 1. The molecule has 38 heavy (non-hydrogen) atoms. The molecule has 0 amide bonds. The number of halogens is 3. The van der Waals surface area contributed by atoms with Crippen molar-refractivity contribution >= 4 is 5.97 Å². The number of carboxylic acids is 1. The molecule has 1 N–H and O–H groups in total. The molecule has 1 aliphatic rings. The number of benzene rings is 1. The van der Waals surface area contributed by atoms with Gasteiger partial charge >= 0.3 is 12.1 Å². The lowest BCUT2D eigenvalue weighted by molar-refractivity contribution is -0.176. The summed E-state index contributed by atoms with van der Waals surface area (Å²) in [5.41, 5.74) is 1.45. The van der Waals surface area contributed by atoms with Gasteiger partial charge in [-0.2, -0.15) is 13.2 Å². The van der Waals surface area contributed by atoms with Crippen molar-refractivity contribution in [2.75, 3.05) is 20.3 Å². The van der Waals surface area contributed by atoms with E-state index in [4.69, 9.17) is 18.9 Å². The minimum absolute atomic E-state index is 0.0342. The van der Waals surface area contributed by atoms with Crippen LogP contribution in [-0.4, -0.2) is 48.7 Å². The topological polar surface area (TPSA) is 87.1 Å². The van der Waals surface area contributed by atoms with Gasteiger partial charge in [-0.05, 0) is 67.7 Å². The Morgan fingerprint density at radius 2 is 1.97 bits per heavy atom. The molecule has 0 radical (unpaired) electrons. The SMILES string of the molecule is CCC[C@H](CCCOc1cc(OC)ccc1COCC(F)(F)F)Oc1cc(C(CC(=O)O)C2CC2)ccn1. The molecule has 0 aliphatic heterocycles. The summed E-state index contributed by atoms with van der Waals surface area (Å²) in [5.74, 6) is 0.979. The van der Waals surface area contributed by atoms with Gasteiger partial charge in [-0.15, -0.1) is 0 Å². The maximum Gasteiger partial charge on any atom is 0.411 e. The van der Waals surface area contributed by atoms with E-state index in [-0.39, 0.29) is 25.0 Å². The average Bonchev–Trinajstić information content (AvgIpc) is 3.70. The van der Waals surface area contributed by atoms with Crippen LogP contribution in [0.1, 0.15) is 68.9 Å². The molecule has 2 atom stereocenters. The second kappa shape index (κ2) is 14.2. The number of alkyl halides is 3. The van der Waals surface area contributed by atoms with Crippen LogP contribution < -0.4 is 14.2 Å². The highest BCUT2D eigenvalue weighted by molar-refractivity contribution is 5.68. The number of aromatic nitrogens is 1. The number of ether oxygens (including phenoxy) is 4. The summed E-state index contributed by atoms with van der Waals surface area (Å²) in [5, 5.41) is 9.31. The number of hydrogen-bond donors (Lipinski definition) is 1. The zero-order chi connectivity index (χ0) is 27.5. The van der Waals surface area contributed by atoms with Gasteiger partial charge in [-0.3, -0.25) is 4.79 Å². The number of rotatable bonds is 17. The van der Waals surface area contributed by atoms with Crippen molar-refractivity contribution in [1.82, 2.24) is 4.98 Å². The van der Waals surface area contributed by atoms with Gasteiger partial charge in [0.2, 0.25) is 5.88 Å². The standard InChI is InChI=1S/C28H36F3NO6/c1-3-5-22(38-26-14-20(11-12-32-26)24(16-27(33)34)19-7-8-19)6-4-13-37-25-15-23(35-2)10-9-21(25)17-36-18-28(29,30)31/h9-12,14-15,19,22,24H,3-8,13,16-18H2,1-2H3,(H,33,34)/t22-,24?/m1/s1. The summed E-state index contributed by atoms with van der Waals surface area (Å²) in [4.78, 5) is 15.7. The van der Waals surface area contributed by atoms with Gasteiger partial charge in [0.05, 0.1) is 26.7 Å². The van der Waals surface area contributed by atoms with Crippen LogP contribution in [0.3, 0.4) is 0 Å². The lowest BCUT2D eigenvalue weighted by atomic mass is 9.92. The fourth-order valence-electron chi connectivity index (χ4n) is 4.40. The van der Waals surface area contributed by atoms with E-state index in [1.54, 1.807) is 24.4 Å². The zero-order valence-corrected chi connectivity index (χ0v) is 21.8. The fourth-order valence-corrected chi connectivity index (χ4v) is 4.40. The van der Waals surface area contributed by atoms with Gasteiger partial charge < -0.3 is 24.1 Å². The van der Waals surface area contributed by atoms with Crippen LogP contribution in [0.25, 0.3) is 0 Å². The summed E-state index contributed by atoms with van der Waals surface area (Å²) in [6.07, 6.45) is 2.39. The molecule has 1 aromatic heterocycles. The summed E-state index contributed by atoms with van der Waals surface area (Å²) in [6.45, 7) is 0.836. The fraction of sp³-hybridized carbons (Fsp3) is 0.571. The summed E-state index contributed by atoms with van der Waals surface area (Å²) in [7, 11) is 1.50. The van der Waals surface area contributed by atoms with Crippen molar-refractivity contribution in [1.29, 1.82) is 0 Å². The Morgan fingerprint density at radius 1 is 1.18 bits per heavy atom. The predicted octanol–water partition coefficient (Wildman–Crippen LogP) is 6.54. The van der Waals surface area contributed by atoms with Crippen molar-refractivity contribution in [2.45, 2.75) is 76.7 Å². The molecule has 1 saturated carbocycles. The lowest BCUT2D eigenvalue weighted by Gasteiger charge is -2.20. The molecule has 1 aliphatic carbocycles. The Balaban J connectivity index is 1.56. The molecule has 0 bridgehead atoms. The van der Waals surface area contributed by atoms with Gasteiger partial charge in [0.25, 0.3) is 0 Å². The first-order valence-corrected chi connectivity index (χ1v) is 13.0. The third kappa shape index (κ3) is 10.0. The average molecular weight is 540 g/mol. The van der Waals surface area contributed by atoms with Gasteiger partial charge in [0, 0.05) is 23.9 Å². The van der Waals surface area contributed by atoms with E-state index >= 15 is 0 Å². The second-order valence-electron chi connectivity index (χ2n) is 9.57. The highest BCUT2D eigenvalue weighted by atomic mass is 19.4. The molecule has 0 saturated heterocycles. The van der Waals surface area contributed by atoms with E-state index in [1.165, 1.54) is 7.11 Å². The third-order valence-corrected chi connectivity index (χ3v) is 6.40. The molecule has 1 aromatic carbocycles. The Hall–Kier alpha value is -3.01. The predicted molar refractivity (Wildman–Crippen MR) is 135 cm³/mol. The normalized spacial score (nSPS) is 15.1. The number of carboxylic acid groups (broad SMARTS) is 1. The number of pyridine rings is 1. The van der Waals surface area contributed by atoms with Crippen LogP contribution in [-0.2, 0) is 16.1 Å². The smallest absolute Gasteiger partial charge is 0.411 e. The van der Waals surface area contributed by atoms with E-state index in [1.807, 2.05) is 12.1 Å². The quantitative estimate of drug-likeness (QED) is 0.228. The molecule has 3 rings (SSSR count). The monoisotopic (exact) mass is 539 g/mol. The van der Waals surface area contributed by atoms with E-state index in [0.717, 1.165) is 31.2 Å². The van der Waals surface area contributed by atoms with Crippen molar-refractivity contribution in [3.63, 3.8) is 0 Å². The molecule has 0 spiro atoms. The first-order chi connectivity index (χ1) is 18.2. The molecular weight excluding hydrogens is 503 g/mol. The number of methoxy groups -OCH3 is 1. The van der Waals surface area contributed by atoms with E-state index < -0.39 is 18.8 Å². The van der Waals surface area contributed by atoms with Crippen LogP contribution >= 0.6 is 0 Å². The Labute approximate surface area is 221 Å². The second-order valence-corrected chi connectivity index (χ2v) is 9.57. The van der Waals surface area contributed by atoms with Gasteiger partial charge in [-0.1, -0.05) is 13.3 Å². The Morgan fingerprint density at radius 3 is 2.63 bits per heavy atom. The highest BCUT2D eigenvalue weighted by Gasteiger charge is 2.34. The molecule has 1 heterocycles. The van der Waals surface area contributed by atoms with Crippen molar-refractivity contribution < 1.29 is 42.0 Å². The number of carbonyl (C=O) groups is 1.